The molecule has 2 aromatic rings. The van der Waals surface area contributed by atoms with Crippen LogP contribution in [0.25, 0.3) is 11.6 Å². The molecule has 0 saturated carbocycles. The second-order valence-electron chi connectivity index (χ2n) is 3.11. The van der Waals surface area contributed by atoms with Crippen LogP contribution in [0.15, 0.2) is 21.4 Å². The highest BCUT2D eigenvalue weighted by atomic mass is 16.5. The van der Waals surface area contributed by atoms with E-state index in [0.29, 0.717) is 24.7 Å². The first-order valence-electron chi connectivity index (χ1n) is 4.89. The summed E-state index contributed by atoms with van der Waals surface area (Å²) in [4.78, 5) is 4.10. The molecule has 7 nitrogen and oxygen atoms in total. The second-order valence-corrected chi connectivity index (χ2v) is 3.11. The number of nitrogens with zero attached hydrogens (tertiary/aromatic N) is 3. The predicted molar refractivity (Wildman–Crippen MR) is 53.2 cm³/mol. The summed E-state index contributed by atoms with van der Waals surface area (Å²) in [6.07, 6.45) is 1.43. The average Bonchev–Trinajstić information content (AvgIpc) is 2.94. The Morgan fingerprint density at radius 1 is 1.50 bits per heavy atom. The van der Waals surface area contributed by atoms with Crippen molar-refractivity contribution in [3.63, 3.8) is 0 Å². The highest BCUT2D eigenvalue weighted by Gasteiger charge is 2.16. The van der Waals surface area contributed by atoms with E-state index in [2.05, 4.69) is 19.8 Å². The minimum atomic E-state index is -0.399. The SMILES string of the molecule is CCOCC(N)c1noc(-c2ccon2)n1. The lowest BCUT2D eigenvalue weighted by molar-refractivity contribution is 0.130. The van der Waals surface area contributed by atoms with Crippen molar-refractivity contribution in [2.75, 3.05) is 13.2 Å². The lowest BCUT2D eigenvalue weighted by atomic mass is 10.3. The Morgan fingerprint density at radius 3 is 3.06 bits per heavy atom. The van der Waals surface area contributed by atoms with Crippen LogP contribution in [0.3, 0.4) is 0 Å². The monoisotopic (exact) mass is 224 g/mol. The summed E-state index contributed by atoms with van der Waals surface area (Å²) >= 11 is 0. The third-order valence-electron chi connectivity index (χ3n) is 1.93. The Morgan fingerprint density at radius 2 is 2.38 bits per heavy atom. The van der Waals surface area contributed by atoms with Crippen molar-refractivity contribution in [2.45, 2.75) is 13.0 Å². The molecule has 0 saturated heterocycles. The number of hydrogen-bond donors (Lipinski definition) is 1. The average molecular weight is 224 g/mol. The molecule has 2 rings (SSSR count). The quantitative estimate of drug-likeness (QED) is 0.800. The van der Waals surface area contributed by atoms with Gasteiger partial charge in [0.25, 0.3) is 5.89 Å². The summed E-state index contributed by atoms with van der Waals surface area (Å²) in [5, 5.41) is 7.43. The molecular formula is C9H12N4O3. The van der Waals surface area contributed by atoms with Crippen molar-refractivity contribution in [3.05, 3.63) is 18.2 Å². The fourth-order valence-corrected chi connectivity index (χ4v) is 1.13. The lowest BCUT2D eigenvalue weighted by Crippen LogP contribution is -2.18. The van der Waals surface area contributed by atoms with Gasteiger partial charge in [0.1, 0.15) is 6.26 Å². The van der Waals surface area contributed by atoms with E-state index in [-0.39, 0.29) is 5.89 Å². The number of hydrogen-bond acceptors (Lipinski definition) is 7. The lowest BCUT2D eigenvalue weighted by Gasteiger charge is -2.05. The summed E-state index contributed by atoms with van der Waals surface area (Å²) in [6.45, 7) is 2.85. The Balaban J connectivity index is 2.07. The molecule has 0 bridgehead atoms. The second kappa shape index (κ2) is 4.86. The summed E-state index contributed by atoms with van der Waals surface area (Å²) in [5.74, 6) is 0.683. The van der Waals surface area contributed by atoms with E-state index in [1.165, 1.54) is 6.26 Å². The zero-order valence-electron chi connectivity index (χ0n) is 8.79. The highest BCUT2D eigenvalue weighted by Crippen LogP contribution is 2.16. The van der Waals surface area contributed by atoms with Crippen LogP contribution in [0.4, 0.5) is 0 Å². The largest absolute Gasteiger partial charge is 0.380 e. The first-order valence-corrected chi connectivity index (χ1v) is 4.89. The maximum Gasteiger partial charge on any atom is 0.280 e. The number of aromatic nitrogens is 3. The molecule has 2 N–H and O–H groups in total. The van der Waals surface area contributed by atoms with Gasteiger partial charge in [-0.3, -0.25) is 0 Å². The summed E-state index contributed by atoms with van der Waals surface area (Å²) in [7, 11) is 0. The van der Waals surface area contributed by atoms with Gasteiger partial charge in [-0.25, -0.2) is 0 Å². The van der Waals surface area contributed by atoms with Crippen molar-refractivity contribution in [1.29, 1.82) is 0 Å². The topological polar surface area (TPSA) is 100 Å². The van der Waals surface area contributed by atoms with Crippen LogP contribution >= 0.6 is 0 Å². The number of nitrogens with two attached hydrogens (primary N) is 1. The van der Waals surface area contributed by atoms with Crippen molar-refractivity contribution < 1.29 is 13.8 Å². The summed E-state index contributed by atoms with van der Waals surface area (Å²) < 4.78 is 14.8. The van der Waals surface area contributed by atoms with Crippen LogP contribution in [-0.2, 0) is 4.74 Å². The Kier molecular flexibility index (Phi) is 3.28. The van der Waals surface area contributed by atoms with E-state index in [1.807, 2.05) is 6.92 Å². The smallest absolute Gasteiger partial charge is 0.280 e. The van der Waals surface area contributed by atoms with E-state index in [9.17, 15) is 0 Å². The van der Waals surface area contributed by atoms with Crippen LogP contribution in [0.5, 0.6) is 0 Å². The maximum atomic E-state index is 5.79. The third kappa shape index (κ3) is 2.26. The van der Waals surface area contributed by atoms with Crippen molar-refractivity contribution in [1.82, 2.24) is 15.3 Å². The molecule has 0 aliphatic carbocycles. The molecular weight excluding hydrogens is 212 g/mol. The molecule has 7 heteroatoms. The Bertz CT molecular complexity index is 426. The van der Waals surface area contributed by atoms with Gasteiger partial charge in [-0.15, -0.1) is 0 Å². The molecule has 0 aliphatic heterocycles. The number of ether oxygens (including phenoxy) is 1. The first kappa shape index (κ1) is 10.8. The van der Waals surface area contributed by atoms with Crippen LogP contribution in [0.2, 0.25) is 0 Å². The van der Waals surface area contributed by atoms with Crippen molar-refractivity contribution in [2.24, 2.45) is 5.73 Å². The standard InChI is InChI=1S/C9H12N4O3/c1-2-14-5-6(10)8-11-9(16-13-8)7-3-4-15-12-7/h3-4,6H,2,5,10H2,1H3. The fraction of sp³-hybridized carbons (Fsp3) is 0.444. The Hall–Kier alpha value is -1.73. The van der Waals surface area contributed by atoms with Gasteiger partial charge < -0.3 is 19.5 Å². The molecule has 16 heavy (non-hydrogen) atoms. The molecule has 0 aromatic carbocycles. The van der Waals surface area contributed by atoms with E-state index in [1.54, 1.807) is 6.07 Å². The molecule has 86 valence electrons. The molecule has 0 amide bonds. The normalized spacial score (nSPS) is 12.9. The van der Waals surface area contributed by atoms with Gasteiger partial charge in [0, 0.05) is 12.7 Å². The van der Waals surface area contributed by atoms with Gasteiger partial charge in [0.05, 0.1) is 12.6 Å². The third-order valence-corrected chi connectivity index (χ3v) is 1.93. The van der Waals surface area contributed by atoms with E-state index >= 15 is 0 Å². The van der Waals surface area contributed by atoms with Gasteiger partial charge in [-0.2, -0.15) is 4.98 Å². The van der Waals surface area contributed by atoms with Crippen LogP contribution in [0, 0.1) is 0 Å². The van der Waals surface area contributed by atoms with Gasteiger partial charge >= 0.3 is 0 Å². The zero-order valence-corrected chi connectivity index (χ0v) is 8.79. The first-order chi connectivity index (χ1) is 7.81. The van der Waals surface area contributed by atoms with Gasteiger partial charge in [0.2, 0.25) is 0 Å². The predicted octanol–water partition coefficient (Wildman–Crippen LogP) is 0.761. The van der Waals surface area contributed by atoms with Gasteiger partial charge in [-0.05, 0) is 6.92 Å². The molecule has 0 spiro atoms. The van der Waals surface area contributed by atoms with Crippen molar-refractivity contribution >= 4 is 0 Å². The van der Waals surface area contributed by atoms with E-state index in [4.69, 9.17) is 15.0 Å². The molecule has 0 fully saturated rings. The van der Waals surface area contributed by atoms with Crippen LogP contribution < -0.4 is 5.73 Å². The molecule has 1 atom stereocenters. The Labute approximate surface area is 91.6 Å². The fourth-order valence-electron chi connectivity index (χ4n) is 1.13. The molecule has 1 unspecified atom stereocenters. The zero-order chi connectivity index (χ0) is 11.4. The van der Waals surface area contributed by atoms with Gasteiger partial charge in [-0.1, -0.05) is 10.3 Å². The minimum absolute atomic E-state index is 0.288. The summed E-state index contributed by atoms with van der Waals surface area (Å²) in [6, 6.07) is 1.23. The minimum Gasteiger partial charge on any atom is -0.380 e. The van der Waals surface area contributed by atoms with E-state index < -0.39 is 6.04 Å². The van der Waals surface area contributed by atoms with Crippen LogP contribution in [-0.4, -0.2) is 28.5 Å². The van der Waals surface area contributed by atoms with E-state index in [0.717, 1.165) is 0 Å². The van der Waals surface area contributed by atoms with Crippen LogP contribution in [0.1, 0.15) is 18.8 Å². The molecule has 2 heterocycles. The molecule has 2 aromatic heterocycles. The maximum absolute atomic E-state index is 5.79. The molecule has 0 aliphatic rings. The molecule has 0 radical (unpaired) electrons. The van der Waals surface area contributed by atoms with Crippen molar-refractivity contribution in [3.8, 4) is 11.6 Å². The summed E-state index contributed by atoms with van der Waals surface area (Å²) in [5.41, 5.74) is 6.28. The highest BCUT2D eigenvalue weighted by molar-refractivity contribution is 5.43. The number of rotatable bonds is 5. The van der Waals surface area contributed by atoms with Gasteiger partial charge in [0.15, 0.2) is 11.5 Å².